The average molecular weight is 259 g/mol. The van der Waals surface area contributed by atoms with Crippen LogP contribution in [-0.4, -0.2) is 19.6 Å². The number of anilines is 1. The highest BCUT2D eigenvalue weighted by atomic mass is 16.5. The number of hydrogen-bond acceptors (Lipinski definition) is 4. The molecule has 5 heteroatoms. The van der Waals surface area contributed by atoms with Gasteiger partial charge in [-0.15, -0.1) is 0 Å². The molecular formula is C14H17N3O2. The highest BCUT2D eigenvalue weighted by Crippen LogP contribution is 2.33. The minimum atomic E-state index is -0.155. The summed E-state index contributed by atoms with van der Waals surface area (Å²) in [6.07, 6.45) is 0.766. The van der Waals surface area contributed by atoms with Crippen molar-refractivity contribution in [2.24, 2.45) is 5.92 Å². The van der Waals surface area contributed by atoms with Crippen LogP contribution in [0.15, 0.2) is 18.2 Å². The molecule has 0 fully saturated rings. The quantitative estimate of drug-likeness (QED) is 0.865. The first kappa shape index (κ1) is 13.4. The van der Waals surface area contributed by atoms with Gasteiger partial charge in [0.1, 0.15) is 5.75 Å². The first-order chi connectivity index (χ1) is 9.19. The second-order valence-corrected chi connectivity index (χ2v) is 4.50. The summed E-state index contributed by atoms with van der Waals surface area (Å²) in [5.41, 5.74) is 1.64. The van der Waals surface area contributed by atoms with E-state index in [0.717, 1.165) is 12.0 Å². The van der Waals surface area contributed by atoms with Gasteiger partial charge >= 0.3 is 0 Å². The number of fused-ring (bicyclic) bond motifs is 1. The highest BCUT2D eigenvalue weighted by molar-refractivity contribution is 5.95. The molecule has 2 N–H and O–H groups in total. The number of ether oxygens (including phenoxy) is 1. The second-order valence-electron chi connectivity index (χ2n) is 4.50. The molecule has 1 aromatic rings. The molecule has 1 aliphatic rings. The Kier molecular flexibility index (Phi) is 4.03. The molecule has 0 spiro atoms. The normalized spacial score (nSPS) is 16.6. The van der Waals surface area contributed by atoms with E-state index in [0.29, 0.717) is 11.4 Å². The van der Waals surface area contributed by atoms with Gasteiger partial charge in [-0.2, -0.15) is 5.26 Å². The number of carbonyl (C=O) groups excluding carboxylic acids is 1. The van der Waals surface area contributed by atoms with Crippen LogP contribution < -0.4 is 15.4 Å². The van der Waals surface area contributed by atoms with Crippen molar-refractivity contribution in [3.8, 4) is 11.8 Å². The molecular weight excluding hydrogens is 242 g/mol. The molecule has 1 amide bonds. The number of amides is 1. The van der Waals surface area contributed by atoms with E-state index in [1.54, 1.807) is 0 Å². The van der Waals surface area contributed by atoms with Crippen LogP contribution >= 0.6 is 0 Å². The standard InChI is InChI=1S/C14H17N3O2/c1-3-9(7-15)14(16-2)10-4-5-12-11(6-10)17-13(18)8-19-12/h4-6,9,14,16H,3,8H2,1-2H3,(H,17,18). The fourth-order valence-electron chi connectivity index (χ4n) is 2.30. The smallest absolute Gasteiger partial charge is 0.262 e. The molecule has 2 atom stereocenters. The molecule has 0 saturated carbocycles. The summed E-state index contributed by atoms with van der Waals surface area (Å²) >= 11 is 0. The largest absolute Gasteiger partial charge is 0.482 e. The van der Waals surface area contributed by atoms with E-state index in [2.05, 4.69) is 16.7 Å². The van der Waals surface area contributed by atoms with Crippen molar-refractivity contribution in [2.75, 3.05) is 19.0 Å². The molecule has 2 rings (SSSR count). The number of carbonyl (C=O) groups is 1. The van der Waals surface area contributed by atoms with E-state index in [1.165, 1.54) is 0 Å². The van der Waals surface area contributed by atoms with Crippen molar-refractivity contribution in [2.45, 2.75) is 19.4 Å². The van der Waals surface area contributed by atoms with Gasteiger partial charge in [0.05, 0.1) is 17.7 Å². The van der Waals surface area contributed by atoms with Crippen LogP contribution in [0.2, 0.25) is 0 Å². The lowest BCUT2D eigenvalue weighted by atomic mass is 9.91. The van der Waals surface area contributed by atoms with Gasteiger partial charge in [0, 0.05) is 6.04 Å². The highest BCUT2D eigenvalue weighted by Gasteiger charge is 2.23. The molecule has 0 saturated heterocycles. The van der Waals surface area contributed by atoms with Gasteiger partial charge in [-0.05, 0) is 31.2 Å². The summed E-state index contributed by atoms with van der Waals surface area (Å²) in [6, 6.07) is 7.88. The molecule has 1 aromatic carbocycles. The molecule has 2 unspecified atom stereocenters. The molecule has 0 aliphatic carbocycles. The zero-order chi connectivity index (χ0) is 13.8. The first-order valence-corrected chi connectivity index (χ1v) is 6.33. The van der Waals surface area contributed by atoms with Crippen LogP contribution in [0.3, 0.4) is 0 Å². The fourth-order valence-corrected chi connectivity index (χ4v) is 2.30. The Morgan fingerprint density at radius 1 is 1.58 bits per heavy atom. The van der Waals surface area contributed by atoms with Crippen LogP contribution in [0.5, 0.6) is 5.75 Å². The summed E-state index contributed by atoms with van der Waals surface area (Å²) in [5.74, 6) is 0.407. The van der Waals surface area contributed by atoms with E-state index in [9.17, 15) is 10.1 Å². The lowest BCUT2D eigenvalue weighted by Crippen LogP contribution is -2.27. The molecule has 1 heterocycles. The summed E-state index contributed by atoms with van der Waals surface area (Å²) in [4.78, 5) is 11.3. The predicted molar refractivity (Wildman–Crippen MR) is 71.8 cm³/mol. The molecule has 0 aromatic heterocycles. The van der Waals surface area contributed by atoms with Crippen LogP contribution in [0.4, 0.5) is 5.69 Å². The Labute approximate surface area is 112 Å². The molecule has 100 valence electrons. The topological polar surface area (TPSA) is 74.2 Å². The van der Waals surface area contributed by atoms with Gasteiger partial charge < -0.3 is 15.4 Å². The maximum atomic E-state index is 11.3. The zero-order valence-electron chi connectivity index (χ0n) is 11.1. The number of rotatable bonds is 4. The number of nitriles is 1. The van der Waals surface area contributed by atoms with Crippen molar-refractivity contribution >= 4 is 11.6 Å². The number of benzene rings is 1. The van der Waals surface area contributed by atoms with Crippen LogP contribution in [0.25, 0.3) is 0 Å². The van der Waals surface area contributed by atoms with Crippen LogP contribution in [0.1, 0.15) is 24.9 Å². The Hall–Kier alpha value is -2.06. The lowest BCUT2D eigenvalue weighted by Gasteiger charge is -2.24. The Morgan fingerprint density at radius 2 is 2.37 bits per heavy atom. The lowest BCUT2D eigenvalue weighted by molar-refractivity contribution is -0.118. The third-order valence-corrected chi connectivity index (χ3v) is 3.31. The first-order valence-electron chi connectivity index (χ1n) is 6.33. The number of hydrogen-bond donors (Lipinski definition) is 2. The molecule has 19 heavy (non-hydrogen) atoms. The minimum Gasteiger partial charge on any atom is -0.482 e. The van der Waals surface area contributed by atoms with Crippen molar-refractivity contribution in [1.29, 1.82) is 5.26 Å². The summed E-state index contributed by atoms with van der Waals surface area (Å²) < 4.78 is 5.32. The van der Waals surface area contributed by atoms with Gasteiger partial charge in [-0.3, -0.25) is 4.79 Å². The minimum absolute atomic E-state index is 0.0532. The Morgan fingerprint density at radius 3 is 3.00 bits per heavy atom. The molecule has 0 radical (unpaired) electrons. The summed E-state index contributed by atoms with van der Waals surface area (Å²) in [7, 11) is 1.83. The van der Waals surface area contributed by atoms with E-state index < -0.39 is 0 Å². The van der Waals surface area contributed by atoms with E-state index >= 15 is 0 Å². The van der Waals surface area contributed by atoms with Gasteiger partial charge in [0.25, 0.3) is 5.91 Å². The van der Waals surface area contributed by atoms with E-state index in [1.807, 2.05) is 32.2 Å². The molecule has 1 aliphatic heterocycles. The van der Waals surface area contributed by atoms with Gasteiger partial charge in [0.2, 0.25) is 0 Å². The van der Waals surface area contributed by atoms with Crippen molar-refractivity contribution in [1.82, 2.24) is 5.32 Å². The third-order valence-electron chi connectivity index (χ3n) is 3.31. The maximum absolute atomic E-state index is 11.3. The predicted octanol–water partition coefficient (Wildman–Crippen LogP) is 1.83. The van der Waals surface area contributed by atoms with Crippen molar-refractivity contribution in [3.05, 3.63) is 23.8 Å². The monoisotopic (exact) mass is 259 g/mol. The van der Waals surface area contributed by atoms with Crippen molar-refractivity contribution in [3.63, 3.8) is 0 Å². The van der Waals surface area contributed by atoms with E-state index in [4.69, 9.17) is 4.74 Å². The fraction of sp³-hybridized carbons (Fsp3) is 0.429. The summed E-state index contributed by atoms with van der Waals surface area (Å²) in [6.45, 7) is 2.04. The molecule has 5 nitrogen and oxygen atoms in total. The van der Waals surface area contributed by atoms with Crippen LogP contribution in [0, 0.1) is 17.2 Å². The van der Waals surface area contributed by atoms with Crippen LogP contribution in [-0.2, 0) is 4.79 Å². The van der Waals surface area contributed by atoms with E-state index in [-0.39, 0.29) is 24.5 Å². The third kappa shape index (κ3) is 2.69. The van der Waals surface area contributed by atoms with Gasteiger partial charge in [0.15, 0.2) is 6.61 Å². The zero-order valence-corrected chi connectivity index (χ0v) is 11.1. The summed E-state index contributed by atoms with van der Waals surface area (Å²) in [5, 5.41) is 15.1. The SMILES string of the molecule is CCC(C#N)C(NC)c1ccc2c(c1)NC(=O)CO2. The van der Waals surface area contributed by atoms with Crippen molar-refractivity contribution < 1.29 is 9.53 Å². The van der Waals surface area contributed by atoms with Gasteiger partial charge in [-0.1, -0.05) is 13.0 Å². The number of nitrogens with one attached hydrogen (secondary N) is 2. The maximum Gasteiger partial charge on any atom is 0.262 e. The Bertz CT molecular complexity index is 522. The average Bonchev–Trinajstić information content (AvgIpc) is 2.43. The van der Waals surface area contributed by atoms with Gasteiger partial charge in [-0.25, -0.2) is 0 Å². The number of nitrogens with zero attached hydrogens (tertiary/aromatic N) is 1. The molecule has 0 bridgehead atoms. The Balaban J connectivity index is 2.32. The second kappa shape index (κ2) is 5.72.